The van der Waals surface area contributed by atoms with Gasteiger partial charge < -0.3 is 10.2 Å². The fraction of sp³-hybridized carbons (Fsp3) is 0.100. The first kappa shape index (κ1) is 20.0. The van der Waals surface area contributed by atoms with Crippen molar-refractivity contribution in [3.05, 3.63) is 78.2 Å². The maximum atomic E-state index is 13.0. The molecule has 3 rings (SSSR count). The van der Waals surface area contributed by atoms with Crippen LogP contribution in [0.25, 0.3) is 17.2 Å². The topological polar surface area (TPSA) is 89.7 Å². The predicted molar refractivity (Wildman–Crippen MR) is 104 cm³/mol. The largest absolute Gasteiger partial charge is 0.416 e. The lowest BCUT2D eigenvalue weighted by atomic mass is 10.1. The van der Waals surface area contributed by atoms with E-state index < -0.39 is 11.7 Å². The van der Waals surface area contributed by atoms with Crippen LogP contribution in [0.2, 0.25) is 0 Å². The highest BCUT2D eigenvalue weighted by Gasteiger charge is 2.30. The fourth-order valence-corrected chi connectivity index (χ4v) is 2.41. The van der Waals surface area contributed by atoms with Gasteiger partial charge >= 0.3 is 6.18 Å². The van der Waals surface area contributed by atoms with Gasteiger partial charge in [-0.2, -0.15) is 13.2 Å². The molecule has 0 bridgehead atoms. The van der Waals surface area contributed by atoms with Crippen LogP contribution in [0, 0.1) is 0 Å². The van der Waals surface area contributed by atoms with Gasteiger partial charge in [0.05, 0.1) is 11.3 Å². The first-order valence-corrected chi connectivity index (χ1v) is 8.36. The zero-order valence-electron chi connectivity index (χ0n) is 15.3. The maximum Gasteiger partial charge on any atom is 0.416 e. The first-order valence-electron chi connectivity index (χ1n) is 8.36. The lowest BCUT2D eigenvalue weighted by Gasteiger charge is -2.09. The third-order valence-corrected chi connectivity index (χ3v) is 3.90. The minimum Gasteiger partial charge on any atom is -0.414 e. The van der Waals surface area contributed by atoms with Gasteiger partial charge in [-0.05, 0) is 24.3 Å². The molecule has 0 spiro atoms. The molecule has 0 aliphatic heterocycles. The van der Waals surface area contributed by atoms with E-state index in [2.05, 4.69) is 26.8 Å². The third kappa shape index (κ3) is 4.57. The Labute approximate surface area is 164 Å². The summed E-state index contributed by atoms with van der Waals surface area (Å²) in [6.07, 6.45) is -4.48. The molecule has 3 aromatic rings. The van der Waals surface area contributed by atoms with Crippen molar-refractivity contribution in [3.8, 4) is 11.5 Å². The van der Waals surface area contributed by atoms with Crippen molar-refractivity contribution in [2.75, 3.05) is 7.05 Å². The molecule has 2 aromatic carbocycles. The number of rotatable bonds is 5. The quantitative estimate of drug-likeness (QED) is 0.514. The van der Waals surface area contributed by atoms with Gasteiger partial charge in [-0.3, -0.25) is 4.99 Å². The standard InChI is InChI=1S/C20H16F3N5O/c1-12(14-9-6-10-15(11-14)20(21,22)23)26-16(17(24)25-2)19-28-27-18(29-19)13-7-4-3-5-8-13/h3-11H,1H2,2H3,(H2,24,25). The van der Waals surface area contributed by atoms with Gasteiger partial charge in [0.15, 0.2) is 5.71 Å². The molecule has 2 N–H and O–H groups in total. The Kier molecular flexibility index (Phi) is 5.58. The summed E-state index contributed by atoms with van der Waals surface area (Å²) in [6, 6.07) is 13.7. The van der Waals surface area contributed by atoms with Gasteiger partial charge in [0.2, 0.25) is 5.89 Å². The average molecular weight is 399 g/mol. The number of aromatic nitrogens is 2. The van der Waals surface area contributed by atoms with Crippen LogP contribution in [-0.4, -0.2) is 28.8 Å². The normalized spacial score (nSPS) is 12.8. The van der Waals surface area contributed by atoms with Crippen LogP contribution in [0.3, 0.4) is 0 Å². The number of halogens is 3. The fourth-order valence-electron chi connectivity index (χ4n) is 2.41. The SMILES string of the molecule is C=C(N=C(C(N)=NC)c1nnc(-c2ccccc2)o1)c1cccc(C(F)(F)F)c1. The van der Waals surface area contributed by atoms with Crippen LogP contribution in [-0.2, 0) is 6.18 Å². The van der Waals surface area contributed by atoms with E-state index in [1.54, 1.807) is 12.1 Å². The molecule has 0 aliphatic rings. The Morgan fingerprint density at radius 2 is 1.79 bits per heavy atom. The van der Waals surface area contributed by atoms with Crippen LogP contribution in [0.4, 0.5) is 13.2 Å². The minimum atomic E-state index is -4.48. The van der Waals surface area contributed by atoms with E-state index in [-0.39, 0.29) is 34.6 Å². The van der Waals surface area contributed by atoms with Crippen LogP contribution >= 0.6 is 0 Å². The lowest BCUT2D eigenvalue weighted by molar-refractivity contribution is -0.137. The van der Waals surface area contributed by atoms with Crippen LogP contribution in [0.1, 0.15) is 17.0 Å². The second kappa shape index (κ2) is 8.09. The average Bonchev–Trinajstić information content (AvgIpc) is 3.21. The molecule has 0 fully saturated rings. The van der Waals surface area contributed by atoms with Crippen molar-refractivity contribution >= 4 is 17.2 Å². The molecule has 6 nitrogen and oxygen atoms in total. The number of benzene rings is 2. The molecule has 0 saturated carbocycles. The highest BCUT2D eigenvalue weighted by atomic mass is 19.4. The van der Waals surface area contributed by atoms with E-state index in [0.29, 0.717) is 5.56 Å². The zero-order valence-corrected chi connectivity index (χ0v) is 15.3. The second-order valence-corrected chi connectivity index (χ2v) is 5.87. The Hall–Kier alpha value is -3.75. The molecule has 0 radical (unpaired) electrons. The second-order valence-electron chi connectivity index (χ2n) is 5.87. The summed E-state index contributed by atoms with van der Waals surface area (Å²) in [7, 11) is 1.44. The van der Waals surface area contributed by atoms with Crippen molar-refractivity contribution in [1.29, 1.82) is 0 Å². The molecule has 0 aliphatic carbocycles. The lowest BCUT2D eigenvalue weighted by Crippen LogP contribution is -2.25. The van der Waals surface area contributed by atoms with E-state index in [4.69, 9.17) is 10.2 Å². The number of alkyl halides is 3. The monoisotopic (exact) mass is 399 g/mol. The number of hydrogen-bond acceptors (Lipinski definition) is 5. The van der Waals surface area contributed by atoms with Gasteiger partial charge in [0.25, 0.3) is 5.89 Å². The zero-order chi connectivity index (χ0) is 21.0. The number of amidine groups is 1. The van der Waals surface area contributed by atoms with Gasteiger partial charge in [-0.1, -0.05) is 36.9 Å². The van der Waals surface area contributed by atoms with Crippen molar-refractivity contribution in [2.45, 2.75) is 6.18 Å². The summed E-state index contributed by atoms with van der Waals surface area (Å²) in [5.41, 5.74) is 6.00. The number of nitrogens with two attached hydrogens (primary N) is 1. The van der Waals surface area contributed by atoms with E-state index >= 15 is 0 Å². The number of nitrogens with zero attached hydrogens (tertiary/aromatic N) is 4. The molecule has 0 unspecified atom stereocenters. The first-order chi connectivity index (χ1) is 13.8. The molecule has 0 saturated heterocycles. The van der Waals surface area contributed by atoms with Gasteiger partial charge in [0, 0.05) is 18.2 Å². The summed E-state index contributed by atoms with van der Waals surface area (Å²) >= 11 is 0. The third-order valence-electron chi connectivity index (χ3n) is 3.90. The highest BCUT2D eigenvalue weighted by molar-refractivity contribution is 6.46. The Bertz CT molecular complexity index is 1080. The van der Waals surface area contributed by atoms with Crippen LogP contribution in [0.15, 0.2) is 75.6 Å². The van der Waals surface area contributed by atoms with Gasteiger partial charge in [-0.15, -0.1) is 10.2 Å². The molecular weight excluding hydrogens is 383 g/mol. The molecule has 1 heterocycles. The molecule has 29 heavy (non-hydrogen) atoms. The maximum absolute atomic E-state index is 13.0. The summed E-state index contributed by atoms with van der Waals surface area (Å²) in [5, 5.41) is 7.90. The Balaban J connectivity index is 1.99. The van der Waals surface area contributed by atoms with Crippen molar-refractivity contribution < 1.29 is 17.6 Å². The summed E-state index contributed by atoms with van der Waals surface area (Å²) in [4.78, 5) is 8.09. The van der Waals surface area contributed by atoms with Crippen LogP contribution < -0.4 is 5.73 Å². The van der Waals surface area contributed by atoms with Crippen molar-refractivity contribution in [2.24, 2.45) is 15.7 Å². The molecular formula is C20H16F3N5O. The predicted octanol–water partition coefficient (Wildman–Crippen LogP) is 4.20. The molecule has 0 amide bonds. The van der Waals surface area contributed by atoms with E-state index in [0.717, 1.165) is 12.1 Å². The van der Waals surface area contributed by atoms with E-state index in [1.807, 2.05) is 18.2 Å². The highest BCUT2D eigenvalue weighted by Crippen LogP contribution is 2.31. The summed E-state index contributed by atoms with van der Waals surface area (Å²) in [5.74, 6) is 0.184. The van der Waals surface area contributed by atoms with Gasteiger partial charge in [-0.25, -0.2) is 4.99 Å². The smallest absolute Gasteiger partial charge is 0.414 e. The molecule has 148 valence electrons. The van der Waals surface area contributed by atoms with Crippen molar-refractivity contribution in [1.82, 2.24) is 10.2 Å². The molecule has 1 aromatic heterocycles. The van der Waals surface area contributed by atoms with E-state index in [1.165, 1.54) is 19.2 Å². The molecule has 0 atom stereocenters. The molecule has 9 heteroatoms. The summed E-state index contributed by atoms with van der Waals surface area (Å²) in [6.45, 7) is 3.74. The van der Waals surface area contributed by atoms with Gasteiger partial charge in [0.1, 0.15) is 5.84 Å². The number of aliphatic imine (C=N–C) groups is 2. The van der Waals surface area contributed by atoms with Crippen molar-refractivity contribution in [3.63, 3.8) is 0 Å². The number of hydrogen-bond donors (Lipinski definition) is 1. The van der Waals surface area contributed by atoms with Crippen LogP contribution in [0.5, 0.6) is 0 Å². The Morgan fingerprint density at radius 3 is 2.45 bits per heavy atom. The minimum absolute atomic E-state index is 0.0181. The van der Waals surface area contributed by atoms with E-state index in [9.17, 15) is 13.2 Å². The Morgan fingerprint density at radius 1 is 1.07 bits per heavy atom. The summed E-state index contributed by atoms with van der Waals surface area (Å²) < 4.78 is 44.5.